The van der Waals surface area contributed by atoms with E-state index in [0.717, 1.165) is 0 Å². The van der Waals surface area contributed by atoms with Crippen LogP contribution in [0, 0.1) is 46.0 Å². The smallest absolute Gasteiger partial charge is 0.358 e. The molecule has 0 atom stereocenters. The molecule has 0 aromatic carbocycles. The molecule has 0 saturated carbocycles. The van der Waals surface area contributed by atoms with Gasteiger partial charge in [0.25, 0.3) is 0 Å². The first-order valence-corrected chi connectivity index (χ1v) is 0.577. The summed E-state index contributed by atoms with van der Waals surface area (Å²) in [6.45, 7) is 0. The van der Waals surface area contributed by atoms with Crippen molar-refractivity contribution in [2.24, 2.45) is 5.73 Å². The summed E-state index contributed by atoms with van der Waals surface area (Å²) in [5.41, 5.74) is 4.50. The Kier molecular flexibility index (Phi) is 1540. The van der Waals surface area contributed by atoms with Crippen LogP contribution in [0.25, 0.3) is 0 Å². The third-order valence-corrected chi connectivity index (χ3v) is 0. The van der Waals surface area contributed by atoms with Crippen molar-refractivity contribution >= 4 is 0 Å². The third kappa shape index (κ3) is 78.8. The zero-order valence-corrected chi connectivity index (χ0v) is 8.24. The van der Waals surface area contributed by atoms with Gasteiger partial charge in [0.15, 0.2) is 0 Å². The van der Waals surface area contributed by atoms with Crippen LogP contribution in [0.4, 0.5) is 0 Å². The Bertz CT molecular complexity index is 7.51. The van der Waals surface area contributed by atoms with Crippen LogP contribution < -0.4 is 5.73 Å². The zero-order chi connectivity index (χ0) is 2.00. The van der Waals surface area contributed by atoms with Gasteiger partial charge >= 0.3 is 31.1 Å². The first-order valence-electron chi connectivity index (χ1n) is 0.577. The van der Waals surface area contributed by atoms with Crippen molar-refractivity contribution in [3.8, 4) is 0 Å². The molecule has 0 aromatic heterocycles. The van der Waals surface area contributed by atoms with Crippen molar-refractivity contribution < 1.29 is 31.1 Å². The predicted octanol–water partition coefficient (Wildman–Crippen LogP) is 1.11. The van der Waals surface area contributed by atoms with Crippen molar-refractivity contribution in [2.75, 3.05) is 7.05 Å². The van der Waals surface area contributed by atoms with Gasteiger partial charge in [-0.05, 0) is 7.05 Å². The number of nitrogens with two attached hydrogens (primary N) is 1. The Morgan fingerprint density at radius 2 is 1.00 bits per heavy atom. The summed E-state index contributed by atoms with van der Waals surface area (Å²) >= 11 is 0. The van der Waals surface area contributed by atoms with Crippen LogP contribution in [0.1, 0.15) is 7.43 Å². The van der Waals surface area contributed by atoms with Crippen LogP contribution in [0.3, 0.4) is 0 Å². The van der Waals surface area contributed by atoms with Gasteiger partial charge in [-0.2, -0.15) is 0 Å². The molecule has 2 N–H and O–H groups in total. The average molecular weight is 315 g/mol. The molecule has 0 aliphatic rings. The second kappa shape index (κ2) is 147. The normalized spacial score (nSPS) is 1.00. The van der Waals surface area contributed by atoms with Crippen LogP contribution in [-0.2, 0) is 0 Å². The van der Waals surface area contributed by atoms with Crippen molar-refractivity contribution in [1.82, 2.24) is 0 Å². The summed E-state index contributed by atoms with van der Waals surface area (Å²) in [4.78, 5) is 0. The second-order valence-electron chi connectivity index (χ2n) is 0. The number of rotatable bonds is 0. The maximum Gasteiger partial charge on any atom is 2.00 e. The Hall–Kier alpha value is 1.01. The minimum Gasteiger partial charge on any atom is -0.358 e. The monoisotopic (exact) mass is 315 g/mol. The summed E-state index contributed by atoms with van der Waals surface area (Å²) in [5.74, 6) is 0. The molecule has 6 heavy (non-hydrogen) atoms. The van der Waals surface area contributed by atoms with E-state index >= 15 is 0 Å². The molecule has 0 radical (unpaired) electrons. The molecule has 0 spiro atoms. The van der Waals surface area contributed by atoms with Gasteiger partial charge in [-0.3, -0.25) is 0 Å². The van der Waals surface area contributed by atoms with Gasteiger partial charge in [-0.25, -0.2) is 0 Å². The molecular weight excluding hydrogens is 300 g/mol. The standard InChI is InChI=1S/CH5N.CH4.2CH3.U/c1-2;;;;/h2H2,1H3;1H4;2*1H3;/q;;2*-1;+2. The topological polar surface area (TPSA) is 26.0 Å². The summed E-state index contributed by atoms with van der Waals surface area (Å²) in [6.07, 6.45) is 0. The van der Waals surface area contributed by atoms with Crippen molar-refractivity contribution in [3.63, 3.8) is 0 Å². The van der Waals surface area contributed by atoms with E-state index in [1.165, 1.54) is 7.05 Å². The molecule has 0 aliphatic heterocycles. The van der Waals surface area contributed by atoms with Crippen LogP contribution in [0.5, 0.6) is 0 Å². The maximum absolute atomic E-state index is 4.50. The fourth-order valence-electron chi connectivity index (χ4n) is 0. The predicted molar refractivity (Wildman–Crippen MR) is 29.7 cm³/mol. The van der Waals surface area contributed by atoms with Gasteiger partial charge < -0.3 is 20.6 Å². The quantitative estimate of drug-likeness (QED) is 0.666. The van der Waals surface area contributed by atoms with E-state index in [4.69, 9.17) is 0 Å². The largest absolute Gasteiger partial charge is 2.00 e. The van der Waals surface area contributed by atoms with Gasteiger partial charge in [0, 0.05) is 0 Å². The zero-order valence-electron chi connectivity index (χ0n) is 4.08. The average Bonchev–Trinajstić information content (AvgIpc) is 1.00. The number of hydrogen-bond donors (Lipinski definition) is 1. The van der Waals surface area contributed by atoms with Crippen molar-refractivity contribution in [2.45, 2.75) is 7.43 Å². The van der Waals surface area contributed by atoms with Gasteiger partial charge in [-0.15, -0.1) is 0 Å². The molecule has 0 fully saturated rings. The molecule has 0 aliphatic carbocycles. The van der Waals surface area contributed by atoms with Crippen LogP contribution in [0.15, 0.2) is 0 Å². The van der Waals surface area contributed by atoms with E-state index in [2.05, 4.69) is 5.73 Å². The molecule has 2 heteroatoms. The van der Waals surface area contributed by atoms with E-state index < -0.39 is 0 Å². The molecule has 1 nitrogen and oxygen atoms in total. The molecule has 0 rings (SSSR count). The van der Waals surface area contributed by atoms with E-state index in [-0.39, 0.29) is 53.4 Å². The summed E-state index contributed by atoms with van der Waals surface area (Å²) in [6, 6.07) is 0. The van der Waals surface area contributed by atoms with Crippen LogP contribution >= 0.6 is 0 Å². The van der Waals surface area contributed by atoms with E-state index in [0.29, 0.717) is 0 Å². The van der Waals surface area contributed by atoms with Gasteiger partial charge in [0.05, 0.1) is 0 Å². The molecule has 0 unspecified atom stereocenters. The number of hydrogen-bond acceptors (Lipinski definition) is 1. The first kappa shape index (κ1) is 62.6. The third-order valence-electron chi connectivity index (χ3n) is 0. The van der Waals surface area contributed by atoms with Crippen LogP contribution in [-0.4, -0.2) is 7.05 Å². The Morgan fingerprint density at radius 1 is 1.00 bits per heavy atom. The SMILES string of the molecule is C.CN.[CH3-].[CH3-].[U+2]. The summed E-state index contributed by atoms with van der Waals surface area (Å²) < 4.78 is 0. The fourth-order valence-corrected chi connectivity index (χ4v) is 0. The van der Waals surface area contributed by atoms with E-state index in [1.807, 2.05) is 0 Å². The molecule has 0 aromatic rings. The molecule has 40 valence electrons. The van der Waals surface area contributed by atoms with Crippen LogP contribution in [0.2, 0.25) is 0 Å². The van der Waals surface area contributed by atoms with Gasteiger partial charge in [0.1, 0.15) is 0 Å². The Morgan fingerprint density at radius 3 is 1.00 bits per heavy atom. The summed E-state index contributed by atoms with van der Waals surface area (Å²) in [5, 5.41) is 0. The fraction of sp³-hybridized carbons (Fsp3) is 0.500. The molecular formula is C4H15NU. The molecule has 0 heterocycles. The second-order valence-corrected chi connectivity index (χ2v) is 0. The molecule has 0 bridgehead atoms. The minimum absolute atomic E-state index is 0. The summed E-state index contributed by atoms with van der Waals surface area (Å²) in [7, 11) is 1.50. The van der Waals surface area contributed by atoms with Crippen molar-refractivity contribution in [3.05, 3.63) is 14.9 Å². The first-order chi connectivity index (χ1) is 1.00. The minimum atomic E-state index is 0. The van der Waals surface area contributed by atoms with E-state index in [9.17, 15) is 0 Å². The van der Waals surface area contributed by atoms with Gasteiger partial charge in [0.2, 0.25) is 0 Å². The Labute approximate surface area is 66.1 Å². The van der Waals surface area contributed by atoms with E-state index in [1.54, 1.807) is 0 Å². The maximum atomic E-state index is 4.50. The molecule has 0 amide bonds. The van der Waals surface area contributed by atoms with Gasteiger partial charge in [-0.1, -0.05) is 7.43 Å². The Balaban J connectivity index is -0.000000000833. The van der Waals surface area contributed by atoms with Crippen molar-refractivity contribution in [1.29, 1.82) is 0 Å². The molecule has 0 saturated heterocycles.